The fraction of sp³-hybridized carbons (Fsp3) is 0.333. The molecule has 1 aromatic carbocycles. The molecule has 0 fully saturated rings. The lowest BCUT2D eigenvalue weighted by Crippen LogP contribution is -2.10. The third-order valence-corrected chi connectivity index (χ3v) is 3.71. The molecule has 0 saturated heterocycles. The van der Waals surface area contributed by atoms with Gasteiger partial charge in [-0.05, 0) is 34.5 Å². The van der Waals surface area contributed by atoms with Gasteiger partial charge in [-0.1, -0.05) is 24.2 Å². The van der Waals surface area contributed by atoms with E-state index in [1.165, 1.54) is 0 Å². The normalized spacial score (nSPS) is 12.7. The summed E-state index contributed by atoms with van der Waals surface area (Å²) in [6.07, 6.45) is 0. The van der Waals surface area contributed by atoms with Crippen LogP contribution in [0.3, 0.4) is 0 Å². The van der Waals surface area contributed by atoms with E-state index in [-0.39, 0.29) is 5.92 Å². The second-order valence-electron chi connectivity index (χ2n) is 4.03. The first-order valence-corrected chi connectivity index (χ1v) is 6.22. The van der Waals surface area contributed by atoms with Gasteiger partial charge in [-0.15, -0.1) is 0 Å². The van der Waals surface area contributed by atoms with Crippen LogP contribution in [0.1, 0.15) is 24.2 Å². The summed E-state index contributed by atoms with van der Waals surface area (Å²) in [5.41, 5.74) is 7.62. The van der Waals surface area contributed by atoms with Crippen molar-refractivity contribution in [3.63, 3.8) is 0 Å². The van der Waals surface area contributed by atoms with E-state index in [1.807, 2.05) is 32.0 Å². The maximum atomic E-state index is 5.58. The predicted octanol–water partition coefficient (Wildman–Crippen LogP) is 2.87. The van der Waals surface area contributed by atoms with Gasteiger partial charge in [0.2, 0.25) is 0 Å². The Morgan fingerprint density at radius 3 is 2.94 bits per heavy atom. The Hall–Kier alpha value is -1.20. The molecule has 1 heterocycles. The highest BCUT2D eigenvalue weighted by atomic mass is 79.9. The lowest BCUT2D eigenvalue weighted by Gasteiger charge is -2.02. The molecule has 1 unspecified atom stereocenters. The summed E-state index contributed by atoms with van der Waals surface area (Å²) in [7, 11) is 0. The number of nitrogens with zero attached hydrogens (tertiary/aromatic N) is 2. The van der Waals surface area contributed by atoms with Crippen LogP contribution in [0.5, 0.6) is 0 Å². The molecule has 0 spiro atoms. The van der Waals surface area contributed by atoms with Crippen molar-refractivity contribution in [3.05, 3.63) is 34.1 Å². The molecule has 1 atom stereocenters. The number of rotatable bonds is 3. The van der Waals surface area contributed by atoms with Gasteiger partial charge in [-0.2, -0.15) is 4.98 Å². The second-order valence-corrected chi connectivity index (χ2v) is 4.82. The lowest BCUT2D eigenvalue weighted by atomic mass is 10.1. The highest BCUT2D eigenvalue weighted by Crippen LogP contribution is 2.30. The van der Waals surface area contributed by atoms with Crippen LogP contribution < -0.4 is 5.73 Å². The van der Waals surface area contributed by atoms with Gasteiger partial charge in [0.05, 0.1) is 5.56 Å². The maximum absolute atomic E-state index is 5.58. The van der Waals surface area contributed by atoms with Gasteiger partial charge in [0.1, 0.15) is 0 Å². The minimum absolute atomic E-state index is 0.107. The number of hydrogen-bond acceptors (Lipinski definition) is 4. The molecule has 0 bridgehead atoms. The molecule has 17 heavy (non-hydrogen) atoms. The van der Waals surface area contributed by atoms with Crippen LogP contribution in [0, 0.1) is 6.92 Å². The highest BCUT2D eigenvalue weighted by Gasteiger charge is 2.15. The number of halogens is 1. The first-order valence-electron chi connectivity index (χ1n) is 5.42. The maximum Gasteiger partial charge on any atom is 0.259 e. The van der Waals surface area contributed by atoms with Crippen LogP contribution in [0.2, 0.25) is 0 Å². The third-order valence-electron chi connectivity index (χ3n) is 2.66. The van der Waals surface area contributed by atoms with Crippen molar-refractivity contribution in [2.24, 2.45) is 5.73 Å². The smallest absolute Gasteiger partial charge is 0.259 e. The Balaban J connectivity index is 2.40. The van der Waals surface area contributed by atoms with Crippen molar-refractivity contribution in [2.75, 3.05) is 6.54 Å². The topological polar surface area (TPSA) is 64.9 Å². The average Bonchev–Trinajstić information content (AvgIpc) is 2.81. The third kappa shape index (κ3) is 2.40. The molecule has 5 heteroatoms. The van der Waals surface area contributed by atoms with Crippen molar-refractivity contribution >= 4 is 15.9 Å². The van der Waals surface area contributed by atoms with Crippen LogP contribution in [0.4, 0.5) is 0 Å². The summed E-state index contributed by atoms with van der Waals surface area (Å²) in [5, 5.41) is 3.95. The molecule has 2 N–H and O–H groups in total. The fourth-order valence-electron chi connectivity index (χ4n) is 1.46. The van der Waals surface area contributed by atoms with Crippen molar-refractivity contribution in [1.82, 2.24) is 10.1 Å². The summed E-state index contributed by atoms with van der Waals surface area (Å²) in [4.78, 5) is 4.37. The number of nitrogens with two attached hydrogens (primary N) is 1. The molecular formula is C12H14BrN3O. The van der Waals surface area contributed by atoms with Crippen molar-refractivity contribution < 1.29 is 4.52 Å². The molecule has 0 amide bonds. The summed E-state index contributed by atoms with van der Waals surface area (Å²) in [5.74, 6) is 1.28. The Kier molecular flexibility index (Phi) is 3.59. The van der Waals surface area contributed by atoms with E-state index in [0.29, 0.717) is 18.3 Å². The lowest BCUT2D eigenvalue weighted by molar-refractivity contribution is 0.417. The first kappa shape index (κ1) is 12.3. The van der Waals surface area contributed by atoms with Crippen LogP contribution in [-0.4, -0.2) is 16.7 Å². The van der Waals surface area contributed by atoms with E-state index < -0.39 is 0 Å². The van der Waals surface area contributed by atoms with Gasteiger partial charge in [-0.3, -0.25) is 0 Å². The summed E-state index contributed by atoms with van der Waals surface area (Å²) >= 11 is 3.53. The van der Waals surface area contributed by atoms with Gasteiger partial charge in [0.25, 0.3) is 5.89 Å². The van der Waals surface area contributed by atoms with E-state index in [0.717, 1.165) is 15.6 Å². The van der Waals surface area contributed by atoms with Crippen LogP contribution >= 0.6 is 15.9 Å². The van der Waals surface area contributed by atoms with E-state index in [2.05, 4.69) is 26.1 Å². The quantitative estimate of drug-likeness (QED) is 0.946. The Bertz CT molecular complexity index is 524. The van der Waals surface area contributed by atoms with Crippen molar-refractivity contribution in [2.45, 2.75) is 19.8 Å². The first-order chi connectivity index (χ1) is 8.13. The predicted molar refractivity (Wildman–Crippen MR) is 69.6 cm³/mol. The molecular weight excluding hydrogens is 282 g/mol. The van der Waals surface area contributed by atoms with E-state index in [1.54, 1.807) is 0 Å². The highest BCUT2D eigenvalue weighted by molar-refractivity contribution is 9.10. The van der Waals surface area contributed by atoms with Gasteiger partial charge in [0, 0.05) is 16.9 Å². The fourth-order valence-corrected chi connectivity index (χ4v) is 1.90. The largest absolute Gasteiger partial charge is 0.334 e. The Labute approximate surface area is 108 Å². The van der Waals surface area contributed by atoms with Gasteiger partial charge in [0.15, 0.2) is 5.82 Å². The molecule has 4 nitrogen and oxygen atoms in total. The molecule has 2 aromatic rings. The average molecular weight is 296 g/mol. The zero-order valence-corrected chi connectivity index (χ0v) is 11.4. The summed E-state index contributed by atoms with van der Waals surface area (Å²) in [6.45, 7) is 4.50. The van der Waals surface area contributed by atoms with E-state index in [4.69, 9.17) is 10.3 Å². The minimum atomic E-state index is 0.107. The summed E-state index contributed by atoms with van der Waals surface area (Å²) in [6, 6.07) is 5.93. The SMILES string of the molecule is Cc1cccc(-c2nc(C(C)CN)no2)c1Br. The van der Waals surface area contributed by atoms with Gasteiger partial charge >= 0.3 is 0 Å². The molecule has 2 rings (SSSR count). The second kappa shape index (κ2) is 4.98. The zero-order valence-electron chi connectivity index (χ0n) is 9.77. The molecule has 0 radical (unpaired) electrons. The van der Waals surface area contributed by atoms with Crippen LogP contribution in [0.25, 0.3) is 11.5 Å². The van der Waals surface area contributed by atoms with Crippen molar-refractivity contribution in [1.29, 1.82) is 0 Å². The molecule has 1 aromatic heterocycles. The molecule has 0 aliphatic carbocycles. The number of benzene rings is 1. The number of aryl methyl sites for hydroxylation is 1. The Morgan fingerprint density at radius 2 is 2.24 bits per heavy atom. The Morgan fingerprint density at radius 1 is 1.47 bits per heavy atom. The number of aromatic nitrogens is 2. The molecule has 0 saturated carbocycles. The van der Waals surface area contributed by atoms with E-state index in [9.17, 15) is 0 Å². The minimum Gasteiger partial charge on any atom is -0.334 e. The van der Waals surface area contributed by atoms with Crippen LogP contribution in [-0.2, 0) is 0 Å². The van der Waals surface area contributed by atoms with Crippen molar-refractivity contribution in [3.8, 4) is 11.5 Å². The summed E-state index contributed by atoms with van der Waals surface area (Å²) < 4.78 is 6.24. The molecule has 0 aliphatic rings. The molecule has 0 aliphatic heterocycles. The van der Waals surface area contributed by atoms with Crippen LogP contribution in [0.15, 0.2) is 27.2 Å². The standard InChI is InChI=1S/C12H14BrN3O/c1-7-4-3-5-9(10(7)13)12-15-11(16-17-12)8(2)6-14/h3-5,8H,6,14H2,1-2H3. The van der Waals surface area contributed by atoms with Gasteiger partial charge in [-0.25, -0.2) is 0 Å². The molecule has 90 valence electrons. The zero-order chi connectivity index (χ0) is 12.4. The van der Waals surface area contributed by atoms with Gasteiger partial charge < -0.3 is 10.3 Å². The van der Waals surface area contributed by atoms with E-state index >= 15 is 0 Å². The number of hydrogen-bond donors (Lipinski definition) is 1. The monoisotopic (exact) mass is 295 g/mol.